The summed E-state index contributed by atoms with van der Waals surface area (Å²) in [5, 5.41) is 0. The summed E-state index contributed by atoms with van der Waals surface area (Å²) in [5.41, 5.74) is 0. The predicted octanol–water partition coefficient (Wildman–Crippen LogP) is -0.366. The van der Waals surface area contributed by atoms with Gasteiger partial charge in [-0.3, -0.25) is 9.52 Å². The van der Waals surface area contributed by atoms with E-state index >= 15 is 0 Å². The highest BCUT2D eigenvalue weighted by atomic mass is 32.2. The highest BCUT2D eigenvalue weighted by molar-refractivity contribution is 7.91. The van der Waals surface area contributed by atoms with Crippen molar-refractivity contribution < 1.29 is 13.2 Å². The quantitative estimate of drug-likeness (QED) is 0.584. The molecule has 0 saturated heterocycles. The van der Waals surface area contributed by atoms with Gasteiger partial charge in [0.25, 0.3) is 0 Å². The van der Waals surface area contributed by atoms with E-state index in [2.05, 4.69) is 6.26 Å². The standard InChI is InChI=1S/C4H8NO3S/c1-3-4(6)5-9(2,7)8/h2-3H2,1H3,(H,5,6). The molecule has 4 nitrogen and oxygen atoms in total. The van der Waals surface area contributed by atoms with E-state index in [1.807, 2.05) is 0 Å². The van der Waals surface area contributed by atoms with Gasteiger partial charge in [0.2, 0.25) is 15.9 Å². The first-order valence-corrected chi connectivity index (χ1v) is 3.99. The molecule has 9 heavy (non-hydrogen) atoms. The fourth-order valence-corrected chi connectivity index (χ4v) is 0.737. The van der Waals surface area contributed by atoms with Crippen molar-refractivity contribution in [1.29, 1.82) is 0 Å². The molecule has 0 aromatic carbocycles. The lowest BCUT2D eigenvalue weighted by atomic mass is 10.5. The number of nitrogens with one attached hydrogen (secondary N) is 1. The molecule has 1 N–H and O–H groups in total. The Hall–Kier alpha value is -0.580. The smallest absolute Gasteiger partial charge is 0.235 e. The van der Waals surface area contributed by atoms with Gasteiger partial charge in [0.05, 0.1) is 6.26 Å². The first-order chi connectivity index (χ1) is 3.95. The Balaban J connectivity index is 3.91. The molecule has 0 aliphatic heterocycles. The van der Waals surface area contributed by atoms with Gasteiger partial charge in [-0.05, 0) is 0 Å². The number of hydrogen-bond donors (Lipinski definition) is 1. The van der Waals surface area contributed by atoms with Crippen molar-refractivity contribution in [3.8, 4) is 0 Å². The fourth-order valence-electron chi connectivity index (χ4n) is 0.246. The summed E-state index contributed by atoms with van der Waals surface area (Å²) in [6.45, 7) is 1.56. The first-order valence-electron chi connectivity index (χ1n) is 2.34. The lowest BCUT2D eigenvalue weighted by molar-refractivity contribution is -0.119. The second-order valence-corrected chi connectivity index (χ2v) is 2.93. The van der Waals surface area contributed by atoms with Crippen molar-refractivity contribution in [3.05, 3.63) is 6.26 Å². The van der Waals surface area contributed by atoms with Crippen LogP contribution >= 0.6 is 0 Å². The third kappa shape index (κ3) is 5.29. The minimum atomic E-state index is -3.58. The van der Waals surface area contributed by atoms with Crippen molar-refractivity contribution in [1.82, 2.24) is 4.72 Å². The van der Waals surface area contributed by atoms with Crippen LogP contribution in [0.25, 0.3) is 0 Å². The average molecular weight is 150 g/mol. The Morgan fingerprint density at radius 1 is 1.67 bits per heavy atom. The first kappa shape index (κ1) is 8.42. The third-order valence-corrected chi connectivity index (χ3v) is 1.13. The SMILES string of the molecule is [CH2]S(=O)(=O)NC(=O)CC. The van der Waals surface area contributed by atoms with E-state index < -0.39 is 15.9 Å². The molecule has 5 heteroatoms. The monoisotopic (exact) mass is 150 g/mol. The van der Waals surface area contributed by atoms with E-state index in [9.17, 15) is 13.2 Å². The van der Waals surface area contributed by atoms with E-state index in [0.717, 1.165) is 0 Å². The van der Waals surface area contributed by atoms with Gasteiger partial charge in [-0.2, -0.15) is 0 Å². The van der Waals surface area contributed by atoms with E-state index in [1.54, 1.807) is 11.6 Å². The fraction of sp³-hybridized carbons (Fsp3) is 0.500. The molecule has 1 radical (unpaired) electrons. The van der Waals surface area contributed by atoms with Gasteiger partial charge in [0.15, 0.2) is 0 Å². The second-order valence-electron chi connectivity index (χ2n) is 1.49. The Kier molecular flexibility index (Phi) is 2.64. The molecule has 0 aliphatic carbocycles. The highest BCUT2D eigenvalue weighted by Gasteiger charge is 2.03. The number of hydrogen-bond acceptors (Lipinski definition) is 3. The molecule has 0 bridgehead atoms. The Bertz CT molecular complexity index is 194. The second kappa shape index (κ2) is 2.82. The van der Waals surface area contributed by atoms with E-state index in [0.29, 0.717) is 0 Å². The van der Waals surface area contributed by atoms with Crippen molar-refractivity contribution in [2.45, 2.75) is 13.3 Å². The maximum atomic E-state index is 10.3. The minimum absolute atomic E-state index is 0.148. The molecule has 0 aromatic rings. The number of carbonyl (C=O) groups is 1. The van der Waals surface area contributed by atoms with E-state index in [4.69, 9.17) is 0 Å². The molecule has 0 aliphatic rings. The summed E-state index contributed by atoms with van der Waals surface area (Å²) in [5.74, 6) is -0.537. The van der Waals surface area contributed by atoms with Gasteiger partial charge in [0, 0.05) is 6.42 Å². The summed E-state index contributed by atoms with van der Waals surface area (Å²) in [7, 11) is -3.58. The van der Waals surface area contributed by atoms with Crippen LogP contribution in [-0.4, -0.2) is 14.3 Å². The lowest BCUT2D eigenvalue weighted by Crippen LogP contribution is -2.27. The van der Waals surface area contributed by atoms with Crippen molar-refractivity contribution in [2.75, 3.05) is 0 Å². The van der Waals surface area contributed by atoms with Gasteiger partial charge in [-0.1, -0.05) is 6.92 Å². The molecular formula is C4H8NO3S. The summed E-state index contributed by atoms with van der Waals surface area (Å²) in [6, 6.07) is 0. The zero-order chi connectivity index (χ0) is 7.49. The maximum Gasteiger partial charge on any atom is 0.235 e. The molecule has 53 valence electrons. The normalized spacial score (nSPS) is 10.9. The molecular weight excluding hydrogens is 142 g/mol. The van der Waals surface area contributed by atoms with Crippen molar-refractivity contribution in [2.24, 2.45) is 0 Å². The van der Waals surface area contributed by atoms with Crippen LogP contribution in [0, 0.1) is 6.26 Å². The van der Waals surface area contributed by atoms with Crippen LogP contribution in [-0.2, 0) is 14.8 Å². The molecule has 0 heterocycles. The molecule has 0 rings (SSSR count). The lowest BCUT2D eigenvalue weighted by Gasteiger charge is -1.96. The number of carbonyl (C=O) groups excluding carboxylic acids is 1. The number of amides is 1. The van der Waals surface area contributed by atoms with Crippen molar-refractivity contribution in [3.63, 3.8) is 0 Å². The summed E-state index contributed by atoms with van der Waals surface area (Å²) < 4.78 is 22.0. The van der Waals surface area contributed by atoms with Crippen molar-refractivity contribution >= 4 is 15.9 Å². The van der Waals surface area contributed by atoms with Gasteiger partial charge in [0.1, 0.15) is 0 Å². The van der Waals surface area contributed by atoms with Gasteiger partial charge >= 0.3 is 0 Å². The molecule has 0 spiro atoms. The maximum absolute atomic E-state index is 10.3. The van der Waals surface area contributed by atoms with Crippen LogP contribution < -0.4 is 4.72 Å². The molecule has 0 fully saturated rings. The minimum Gasteiger partial charge on any atom is -0.274 e. The van der Waals surface area contributed by atoms with Crippen LogP contribution in [0.2, 0.25) is 0 Å². The number of rotatable bonds is 2. The predicted molar refractivity (Wildman–Crippen MR) is 32.7 cm³/mol. The highest BCUT2D eigenvalue weighted by Crippen LogP contribution is 1.80. The Morgan fingerprint density at radius 2 is 2.11 bits per heavy atom. The zero-order valence-corrected chi connectivity index (χ0v) is 5.86. The zero-order valence-electron chi connectivity index (χ0n) is 5.05. The van der Waals surface area contributed by atoms with Crippen LogP contribution in [0.3, 0.4) is 0 Å². The topological polar surface area (TPSA) is 63.2 Å². The van der Waals surface area contributed by atoms with Crippen LogP contribution in [0.5, 0.6) is 0 Å². The summed E-state index contributed by atoms with van der Waals surface area (Å²) in [4.78, 5) is 10.3. The van der Waals surface area contributed by atoms with Crippen LogP contribution in [0.4, 0.5) is 0 Å². The Morgan fingerprint density at radius 3 is 2.22 bits per heavy atom. The summed E-state index contributed by atoms with van der Waals surface area (Å²) >= 11 is 0. The van der Waals surface area contributed by atoms with E-state index in [-0.39, 0.29) is 6.42 Å². The largest absolute Gasteiger partial charge is 0.274 e. The molecule has 1 amide bonds. The molecule has 0 aromatic heterocycles. The number of sulfonamides is 1. The van der Waals surface area contributed by atoms with Crippen LogP contribution in [0.15, 0.2) is 0 Å². The molecule has 0 saturated carbocycles. The average Bonchev–Trinajstić information content (AvgIpc) is 1.62. The van der Waals surface area contributed by atoms with Crippen LogP contribution in [0.1, 0.15) is 13.3 Å². The molecule has 0 unspecified atom stereocenters. The third-order valence-electron chi connectivity index (χ3n) is 0.590. The molecule has 0 atom stereocenters. The van der Waals surface area contributed by atoms with Gasteiger partial charge in [-0.15, -0.1) is 0 Å². The Labute approximate surface area is 54.3 Å². The van der Waals surface area contributed by atoms with Gasteiger partial charge < -0.3 is 0 Å². The van der Waals surface area contributed by atoms with Gasteiger partial charge in [-0.25, -0.2) is 8.42 Å². The summed E-state index contributed by atoms with van der Waals surface area (Å²) in [6.07, 6.45) is 2.85. The van der Waals surface area contributed by atoms with E-state index in [1.165, 1.54) is 0 Å².